The van der Waals surface area contributed by atoms with Crippen LogP contribution >= 0.6 is 11.3 Å². The molecule has 4 heteroatoms. The molecule has 104 valence electrons. The summed E-state index contributed by atoms with van der Waals surface area (Å²) < 4.78 is 5.88. The molecule has 0 aliphatic heterocycles. The highest BCUT2D eigenvalue weighted by Gasteiger charge is 2.13. The first-order valence-electron chi connectivity index (χ1n) is 6.82. The second-order valence-corrected chi connectivity index (χ2v) is 6.30. The summed E-state index contributed by atoms with van der Waals surface area (Å²) in [6.45, 7) is 7.22. The van der Waals surface area contributed by atoms with Crippen molar-refractivity contribution in [3.05, 3.63) is 40.9 Å². The van der Waals surface area contributed by atoms with Crippen molar-refractivity contribution in [2.45, 2.75) is 33.4 Å². The lowest BCUT2D eigenvalue weighted by Gasteiger charge is -2.05. The third-order valence-electron chi connectivity index (χ3n) is 3.20. The van der Waals surface area contributed by atoms with Crippen LogP contribution in [0.15, 0.2) is 34.7 Å². The van der Waals surface area contributed by atoms with Crippen molar-refractivity contribution in [3.63, 3.8) is 0 Å². The third kappa shape index (κ3) is 2.62. The van der Waals surface area contributed by atoms with Gasteiger partial charge in [0.15, 0.2) is 10.8 Å². The molecule has 1 aromatic carbocycles. The number of furan rings is 1. The monoisotopic (exact) mass is 286 g/mol. The number of rotatable bonds is 4. The van der Waals surface area contributed by atoms with Crippen LogP contribution in [0.4, 0.5) is 0 Å². The van der Waals surface area contributed by atoms with Gasteiger partial charge in [-0.3, -0.25) is 0 Å². The van der Waals surface area contributed by atoms with Crippen LogP contribution < -0.4 is 5.32 Å². The van der Waals surface area contributed by atoms with Gasteiger partial charge in [0.1, 0.15) is 5.58 Å². The van der Waals surface area contributed by atoms with E-state index >= 15 is 0 Å². The highest BCUT2D eigenvalue weighted by atomic mass is 32.1. The zero-order valence-electron chi connectivity index (χ0n) is 11.9. The zero-order chi connectivity index (χ0) is 14.1. The predicted molar refractivity (Wildman–Crippen MR) is 84.0 cm³/mol. The van der Waals surface area contributed by atoms with Gasteiger partial charge >= 0.3 is 0 Å². The molecule has 3 rings (SSSR count). The predicted octanol–water partition coefficient (Wildman–Crippen LogP) is 4.36. The molecule has 0 saturated carbocycles. The number of hydrogen-bond acceptors (Lipinski definition) is 4. The Bertz CT molecular complexity index is 694. The number of thiazole rings is 1. The summed E-state index contributed by atoms with van der Waals surface area (Å²) in [6.07, 6.45) is 0. The summed E-state index contributed by atoms with van der Waals surface area (Å²) in [4.78, 5) is 5.91. The molecule has 1 N–H and O–H groups in total. The van der Waals surface area contributed by atoms with Crippen LogP contribution in [-0.4, -0.2) is 11.0 Å². The van der Waals surface area contributed by atoms with E-state index in [2.05, 4.69) is 43.2 Å². The van der Waals surface area contributed by atoms with Crippen LogP contribution in [-0.2, 0) is 6.54 Å². The van der Waals surface area contributed by atoms with Gasteiger partial charge in [-0.05, 0) is 19.1 Å². The lowest BCUT2D eigenvalue weighted by molar-refractivity contribution is 0.591. The maximum Gasteiger partial charge on any atom is 0.164 e. The van der Waals surface area contributed by atoms with Gasteiger partial charge in [-0.1, -0.05) is 32.0 Å². The van der Waals surface area contributed by atoms with E-state index in [0.717, 1.165) is 34.0 Å². The van der Waals surface area contributed by atoms with Gasteiger partial charge in [-0.15, -0.1) is 11.3 Å². The number of aromatic nitrogens is 1. The molecule has 0 amide bonds. The molecule has 0 bridgehead atoms. The highest BCUT2D eigenvalue weighted by molar-refractivity contribution is 7.15. The van der Waals surface area contributed by atoms with E-state index < -0.39 is 0 Å². The average Bonchev–Trinajstić information content (AvgIpc) is 2.99. The van der Waals surface area contributed by atoms with Crippen LogP contribution in [0, 0.1) is 6.92 Å². The Morgan fingerprint density at radius 1 is 1.30 bits per heavy atom. The Morgan fingerprint density at radius 2 is 2.10 bits per heavy atom. The molecule has 0 aliphatic carbocycles. The molecule has 0 fully saturated rings. The standard InChI is InChI=1S/C16H18N2OS/c1-10(2)17-9-15-11(3)18-16(20-15)14-8-12-6-4-5-7-13(12)19-14/h4-8,10,17H,9H2,1-3H3. The minimum absolute atomic E-state index is 0.478. The van der Waals surface area contributed by atoms with Crippen molar-refractivity contribution in [1.82, 2.24) is 10.3 Å². The summed E-state index contributed by atoms with van der Waals surface area (Å²) >= 11 is 1.70. The number of nitrogens with zero attached hydrogens (tertiary/aromatic N) is 1. The summed E-state index contributed by atoms with van der Waals surface area (Å²) in [5.41, 5.74) is 2.00. The van der Waals surface area contributed by atoms with Crippen LogP contribution in [0.5, 0.6) is 0 Å². The maximum atomic E-state index is 5.88. The Kier molecular flexibility index (Phi) is 3.59. The number of nitrogens with one attached hydrogen (secondary N) is 1. The van der Waals surface area contributed by atoms with E-state index in [-0.39, 0.29) is 0 Å². The van der Waals surface area contributed by atoms with Crippen molar-refractivity contribution >= 4 is 22.3 Å². The van der Waals surface area contributed by atoms with Crippen molar-refractivity contribution in [3.8, 4) is 10.8 Å². The molecule has 0 radical (unpaired) electrons. The highest BCUT2D eigenvalue weighted by Crippen LogP contribution is 2.32. The zero-order valence-corrected chi connectivity index (χ0v) is 12.8. The fourth-order valence-electron chi connectivity index (χ4n) is 2.08. The van der Waals surface area contributed by atoms with Crippen molar-refractivity contribution in [1.29, 1.82) is 0 Å². The second kappa shape index (κ2) is 5.38. The Hall–Kier alpha value is -1.65. The first-order valence-corrected chi connectivity index (χ1v) is 7.64. The first-order chi connectivity index (χ1) is 9.63. The molecule has 2 heterocycles. The third-order valence-corrected chi connectivity index (χ3v) is 4.37. The van der Waals surface area contributed by atoms with Crippen LogP contribution in [0.1, 0.15) is 24.4 Å². The van der Waals surface area contributed by atoms with Crippen molar-refractivity contribution in [2.75, 3.05) is 0 Å². The van der Waals surface area contributed by atoms with E-state index in [4.69, 9.17) is 4.42 Å². The number of benzene rings is 1. The van der Waals surface area contributed by atoms with Crippen molar-refractivity contribution in [2.24, 2.45) is 0 Å². The van der Waals surface area contributed by atoms with Gasteiger partial charge < -0.3 is 9.73 Å². The molecule has 20 heavy (non-hydrogen) atoms. The quantitative estimate of drug-likeness (QED) is 0.774. The van der Waals surface area contributed by atoms with E-state index in [1.54, 1.807) is 11.3 Å². The molecule has 0 atom stereocenters. The van der Waals surface area contributed by atoms with Gasteiger partial charge in [0.05, 0.1) is 5.69 Å². The number of hydrogen-bond donors (Lipinski definition) is 1. The van der Waals surface area contributed by atoms with Gasteiger partial charge in [0.25, 0.3) is 0 Å². The number of fused-ring (bicyclic) bond motifs is 1. The van der Waals surface area contributed by atoms with Crippen molar-refractivity contribution < 1.29 is 4.42 Å². The lowest BCUT2D eigenvalue weighted by Crippen LogP contribution is -2.21. The first kappa shape index (κ1) is 13.3. The van der Waals surface area contributed by atoms with Gasteiger partial charge in [0.2, 0.25) is 0 Å². The van der Waals surface area contributed by atoms with E-state index in [1.807, 2.05) is 18.2 Å². The summed E-state index contributed by atoms with van der Waals surface area (Å²) in [6, 6.07) is 10.6. The molecule has 2 aromatic heterocycles. The summed E-state index contributed by atoms with van der Waals surface area (Å²) in [5, 5.41) is 5.51. The van der Waals surface area contributed by atoms with E-state index in [0.29, 0.717) is 6.04 Å². The largest absolute Gasteiger partial charge is 0.454 e. The molecule has 3 aromatic rings. The molecule has 0 aliphatic rings. The molecule has 0 saturated heterocycles. The lowest BCUT2D eigenvalue weighted by atomic mass is 10.2. The summed E-state index contributed by atoms with van der Waals surface area (Å²) in [5.74, 6) is 0.857. The maximum absolute atomic E-state index is 5.88. The average molecular weight is 286 g/mol. The van der Waals surface area contributed by atoms with Gasteiger partial charge in [-0.25, -0.2) is 4.98 Å². The van der Waals surface area contributed by atoms with Crippen LogP contribution in [0.3, 0.4) is 0 Å². The fraction of sp³-hybridized carbons (Fsp3) is 0.312. The topological polar surface area (TPSA) is 38.1 Å². The van der Waals surface area contributed by atoms with E-state index in [9.17, 15) is 0 Å². The molecular weight excluding hydrogens is 268 g/mol. The van der Waals surface area contributed by atoms with E-state index in [1.165, 1.54) is 4.88 Å². The van der Waals surface area contributed by atoms with Crippen LogP contribution in [0.25, 0.3) is 21.7 Å². The minimum atomic E-state index is 0.478. The second-order valence-electron chi connectivity index (χ2n) is 5.21. The Balaban J connectivity index is 1.92. The minimum Gasteiger partial charge on any atom is -0.454 e. The normalized spacial score (nSPS) is 11.6. The molecule has 0 spiro atoms. The van der Waals surface area contributed by atoms with Gasteiger partial charge in [0, 0.05) is 22.8 Å². The fourth-order valence-corrected chi connectivity index (χ4v) is 3.05. The van der Waals surface area contributed by atoms with Crippen LogP contribution in [0.2, 0.25) is 0 Å². The molecular formula is C16H18N2OS. The molecule has 0 unspecified atom stereocenters. The Labute approximate surface area is 122 Å². The number of aryl methyl sites for hydroxylation is 1. The Morgan fingerprint density at radius 3 is 2.85 bits per heavy atom. The smallest absolute Gasteiger partial charge is 0.164 e. The molecule has 3 nitrogen and oxygen atoms in total. The van der Waals surface area contributed by atoms with Gasteiger partial charge in [-0.2, -0.15) is 0 Å². The summed E-state index contributed by atoms with van der Waals surface area (Å²) in [7, 11) is 0. The number of para-hydroxylation sites is 1. The SMILES string of the molecule is Cc1nc(-c2cc3ccccc3o2)sc1CNC(C)C.